The van der Waals surface area contributed by atoms with Gasteiger partial charge >= 0.3 is 5.97 Å². The number of carbonyl (C=O) groups excluding carboxylic acids is 1. The molecule has 110 valence electrons. The summed E-state index contributed by atoms with van der Waals surface area (Å²) in [5, 5.41) is 18.6. The number of hydrogen-bond acceptors (Lipinski definition) is 3. The Morgan fingerprint density at radius 2 is 2.15 bits per heavy atom. The summed E-state index contributed by atoms with van der Waals surface area (Å²) >= 11 is 0. The van der Waals surface area contributed by atoms with Gasteiger partial charge in [0.05, 0.1) is 6.10 Å². The van der Waals surface area contributed by atoms with E-state index >= 15 is 0 Å². The Balaban J connectivity index is 1.88. The number of unbranched alkanes of at least 4 members (excludes halogenated alkanes) is 1. The van der Waals surface area contributed by atoms with Crippen molar-refractivity contribution in [2.24, 2.45) is 17.8 Å². The Morgan fingerprint density at radius 3 is 2.85 bits per heavy atom. The van der Waals surface area contributed by atoms with Gasteiger partial charge in [-0.05, 0) is 50.0 Å². The number of aliphatic hydroxyl groups is 1. The quantitative estimate of drug-likeness (QED) is 0.338. The number of aliphatic carboxylic acids is 1. The number of aldehydes is 1. The minimum Gasteiger partial charge on any atom is -0.481 e. The molecule has 2 rings (SSSR count). The average molecular weight is 278 g/mol. The molecule has 0 aromatic rings. The predicted molar refractivity (Wildman–Crippen MR) is 75.1 cm³/mol. The summed E-state index contributed by atoms with van der Waals surface area (Å²) < 4.78 is 0. The van der Waals surface area contributed by atoms with Gasteiger partial charge in [-0.1, -0.05) is 17.7 Å². The molecule has 0 bridgehead atoms. The Morgan fingerprint density at radius 1 is 1.35 bits per heavy atom. The Hall–Kier alpha value is -1.42. The van der Waals surface area contributed by atoms with Crippen LogP contribution < -0.4 is 0 Å². The molecule has 4 heteroatoms. The lowest BCUT2D eigenvalue weighted by atomic mass is 9.91. The smallest absolute Gasteiger partial charge is 0.303 e. The molecule has 2 saturated carbocycles. The SMILES string of the molecule is O=CC=C[C@@H]1[C@@H]2C/C(=C/CCCC(=O)O)C[C@H]2C[C@H]1O. The Labute approximate surface area is 119 Å². The Kier molecular flexibility index (Phi) is 5.12. The number of carbonyl (C=O) groups is 2. The molecule has 0 spiro atoms. The lowest BCUT2D eigenvalue weighted by Gasteiger charge is -2.16. The molecule has 4 atom stereocenters. The zero-order valence-electron chi connectivity index (χ0n) is 11.6. The van der Waals surface area contributed by atoms with Gasteiger partial charge in [-0.15, -0.1) is 0 Å². The fourth-order valence-corrected chi connectivity index (χ4v) is 3.67. The van der Waals surface area contributed by atoms with Crippen molar-refractivity contribution in [3.8, 4) is 0 Å². The van der Waals surface area contributed by atoms with E-state index in [4.69, 9.17) is 5.11 Å². The second-order valence-corrected chi connectivity index (χ2v) is 5.88. The molecule has 2 aliphatic rings. The Bertz CT molecular complexity index is 424. The van der Waals surface area contributed by atoms with Crippen LogP contribution in [0.4, 0.5) is 0 Å². The molecule has 0 aromatic carbocycles. The number of hydrogen-bond donors (Lipinski definition) is 2. The number of rotatable bonds is 6. The molecule has 2 aliphatic carbocycles. The van der Waals surface area contributed by atoms with Crippen molar-refractivity contribution in [2.45, 2.75) is 44.6 Å². The van der Waals surface area contributed by atoms with Crippen LogP contribution in [-0.2, 0) is 9.59 Å². The van der Waals surface area contributed by atoms with Crippen molar-refractivity contribution in [3.05, 3.63) is 23.8 Å². The largest absolute Gasteiger partial charge is 0.481 e. The maximum atomic E-state index is 10.4. The molecule has 0 heterocycles. The summed E-state index contributed by atoms with van der Waals surface area (Å²) in [5.74, 6) is 0.299. The van der Waals surface area contributed by atoms with Crippen molar-refractivity contribution in [1.82, 2.24) is 0 Å². The number of fused-ring (bicyclic) bond motifs is 1. The topological polar surface area (TPSA) is 74.6 Å². The number of aliphatic hydroxyl groups excluding tert-OH is 1. The first-order chi connectivity index (χ1) is 9.61. The standard InChI is InChI=1S/C16H22O4/c17-7-3-5-13-14-9-11(4-1-2-6-16(19)20)8-12(14)10-15(13)18/h3-5,7,12-15,18H,1-2,6,8-10H2,(H,19,20)/b5-3?,11-4+/t12-,13+,14+,15+/m0/s1. The van der Waals surface area contributed by atoms with Gasteiger partial charge in [0.1, 0.15) is 6.29 Å². The van der Waals surface area contributed by atoms with Gasteiger partial charge in [-0.3, -0.25) is 9.59 Å². The molecule has 0 aromatic heterocycles. The van der Waals surface area contributed by atoms with E-state index in [1.165, 1.54) is 11.6 Å². The van der Waals surface area contributed by atoms with Crippen LogP contribution >= 0.6 is 0 Å². The number of carboxylic acids is 1. The third kappa shape index (κ3) is 3.57. The summed E-state index contributed by atoms with van der Waals surface area (Å²) in [4.78, 5) is 20.9. The van der Waals surface area contributed by atoms with Crippen LogP contribution in [0.15, 0.2) is 23.8 Å². The number of carboxylic acid groups (broad SMARTS) is 1. The van der Waals surface area contributed by atoms with Crippen LogP contribution in [0.1, 0.15) is 38.5 Å². The molecular formula is C16H22O4. The molecule has 0 radical (unpaired) electrons. The van der Waals surface area contributed by atoms with Gasteiger partial charge in [-0.2, -0.15) is 0 Å². The summed E-state index contributed by atoms with van der Waals surface area (Å²) in [6.45, 7) is 0. The van der Waals surface area contributed by atoms with Crippen LogP contribution in [0.25, 0.3) is 0 Å². The van der Waals surface area contributed by atoms with Gasteiger partial charge in [0.2, 0.25) is 0 Å². The lowest BCUT2D eigenvalue weighted by Crippen LogP contribution is -2.16. The minimum atomic E-state index is -0.742. The van der Waals surface area contributed by atoms with E-state index in [0.717, 1.165) is 32.0 Å². The van der Waals surface area contributed by atoms with Crippen molar-refractivity contribution in [3.63, 3.8) is 0 Å². The third-order valence-electron chi connectivity index (χ3n) is 4.55. The highest BCUT2D eigenvalue weighted by Crippen LogP contribution is 2.50. The first-order valence-electron chi connectivity index (χ1n) is 7.31. The zero-order valence-corrected chi connectivity index (χ0v) is 11.6. The fraction of sp³-hybridized carbons (Fsp3) is 0.625. The summed E-state index contributed by atoms with van der Waals surface area (Å²) in [7, 11) is 0. The van der Waals surface area contributed by atoms with Crippen molar-refractivity contribution in [1.29, 1.82) is 0 Å². The summed E-state index contributed by atoms with van der Waals surface area (Å²) in [6.07, 6.45) is 10.5. The summed E-state index contributed by atoms with van der Waals surface area (Å²) in [5.41, 5.74) is 1.39. The van der Waals surface area contributed by atoms with Crippen LogP contribution in [0.3, 0.4) is 0 Å². The highest BCUT2D eigenvalue weighted by molar-refractivity contribution is 5.66. The minimum absolute atomic E-state index is 0.0927. The second kappa shape index (κ2) is 6.84. The maximum Gasteiger partial charge on any atom is 0.303 e. The monoisotopic (exact) mass is 278 g/mol. The maximum absolute atomic E-state index is 10.4. The molecule has 2 fully saturated rings. The van der Waals surface area contributed by atoms with E-state index in [0.29, 0.717) is 18.3 Å². The highest BCUT2D eigenvalue weighted by atomic mass is 16.4. The molecule has 0 saturated heterocycles. The summed E-state index contributed by atoms with van der Waals surface area (Å²) in [6, 6.07) is 0. The first-order valence-corrected chi connectivity index (χ1v) is 7.31. The lowest BCUT2D eigenvalue weighted by molar-refractivity contribution is -0.137. The van der Waals surface area contributed by atoms with Gasteiger partial charge in [0, 0.05) is 12.3 Å². The van der Waals surface area contributed by atoms with E-state index in [2.05, 4.69) is 6.08 Å². The van der Waals surface area contributed by atoms with Crippen LogP contribution in [0.2, 0.25) is 0 Å². The van der Waals surface area contributed by atoms with E-state index in [1.54, 1.807) is 0 Å². The van der Waals surface area contributed by atoms with E-state index in [-0.39, 0.29) is 18.4 Å². The van der Waals surface area contributed by atoms with Gasteiger partial charge in [-0.25, -0.2) is 0 Å². The average Bonchev–Trinajstić information content (AvgIpc) is 2.89. The second-order valence-electron chi connectivity index (χ2n) is 5.88. The fourth-order valence-electron chi connectivity index (χ4n) is 3.67. The van der Waals surface area contributed by atoms with Crippen LogP contribution in [-0.4, -0.2) is 28.6 Å². The van der Waals surface area contributed by atoms with Crippen molar-refractivity contribution >= 4 is 12.3 Å². The third-order valence-corrected chi connectivity index (χ3v) is 4.55. The van der Waals surface area contributed by atoms with Gasteiger partial charge in [0.25, 0.3) is 0 Å². The normalized spacial score (nSPS) is 34.8. The molecule has 0 amide bonds. The van der Waals surface area contributed by atoms with E-state index in [1.807, 2.05) is 6.08 Å². The predicted octanol–water partition coefficient (Wildman–Crippen LogP) is 2.33. The molecule has 0 aliphatic heterocycles. The first kappa shape index (κ1) is 15.0. The van der Waals surface area contributed by atoms with E-state index < -0.39 is 5.97 Å². The van der Waals surface area contributed by atoms with Crippen LogP contribution in [0.5, 0.6) is 0 Å². The zero-order chi connectivity index (χ0) is 14.5. The molecule has 0 unspecified atom stereocenters. The van der Waals surface area contributed by atoms with Gasteiger partial charge < -0.3 is 10.2 Å². The van der Waals surface area contributed by atoms with E-state index in [9.17, 15) is 14.7 Å². The number of allylic oxidation sites excluding steroid dienone is 3. The molecular weight excluding hydrogens is 256 g/mol. The van der Waals surface area contributed by atoms with Crippen LogP contribution in [0, 0.1) is 17.8 Å². The van der Waals surface area contributed by atoms with Gasteiger partial charge in [0.15, 0.2) is 0 Å². The highest BCUT2D eigenvalue weighted by Gasteiger charge is 2.44. The van der Waals surface area contributed by atoms with Crippen molar-refractivity contribution < 1.29 is 19.8 Å². The van der Waals surface area contributed by atoms with Crippen molar-refractivity contribution in [2.75, 3.05) is 0 Å². The molecule has 4 nitrogen and oxygen atoms in total. The molecule has 20 heavy (non-hydrogen) atoms. The molecule has 2 N–H and O–H groups in total.